The second-order valence-electron chi connectivity index (χ2n) is 6.00. The van der Waals surface area contributed by atoms with E-state index in [9.17, 15) is 4.79 Å². The molecule has 0 fully saturated rings. The number of aromatic nitrogens is 3. The second kappa shape index (κ2) is 9.62. The molecule has 0 aromatic carbocycles. The van der Waals surface area contributed by atoms with E-state index in [2.05, 4.69) is 55.3 Å². The minimum Gasteiger partial charge on any atom is -0.364 e. The molecule has 2 aromatic heterocycles. The smallest absolute Gasteiger partial charge is 0.271 e. The number of carbonyl (C=O) groups is 1. The first-order chi connectivity index (χ1) is 12.4. The summed E-state index contributed by atoms with van der Waals surface area (Å²) in [4.78, 5) is 16.1. The van der Waals surface area contributed by atoms with Gasteiger partial charge in [-0.3, -0.25) is 4.79 Å². The highest BCUT2D eigenvalue weighted by Crippen LogP contribution is 2.22. The van der Waals surface area contributed by atoms with Gasteiger partial charge in [-0.1, -0.05) is 42.0 Å². The molecule has 0 aliphatic rings. The highest BCUT2D eigenvalue weighted by atomic mass is 127. The Balaban J connectivity index is 2.30. The Hall–Kier alpha value is -2.01. The molecule has 0 saturated carbocycles. The number of nitrogens with zero attached hydrogens (tertiary/aromatic N) is 3. The third kappa shape index (κ3) is 5.49. The summed E-state index contributed by atoms with van der Waals surface area (Å²) in [7, 11) is 0. The predicted octanol–water partition coefficient (Wildman–Crippen LogP) is 2.37. The van der Waals surface area contributed by atoms with Crippen LogP contribution in [0.3, 0.4) is 0 Å². The van der Waals surface area contributed by atoms with Crippen LogP contribution in [-0.4, -0.2) is 37.6 Å². The Morgan fingerprint density at radius 1 is 1.31 bits per heavy atom. The number of alkyl halides is 1. The minimum atomic E-state index is -0.659. The molecule has 0 saturated heterocycles. The summed E-state index contributed by atoms with van der Waals surface area (Å²) in [5, 5.41) is 14.5. The van der Waals surface area contributed by atoms with Crippen LogP contribution in [-0.2, 0) is 0 Å². The van der Waals surface area contributed by atoms with Gasteiger partial charge in [0.15, 0.2) is 11.5 Å². The molecule has 0 unspecified atom stereocenters. The molecule has 6 N–H and O–H groups in total. The lowest BCUT2D eigenvalue weighted by molar-refractivity contribution is 0.0995. The van der Waals surface area contributed by atoms with E-state index in [1.165, 1.54) is 0 Å². The summed E-state index contributed by atoms with van der Waals surface area (Å²) >= 11 is 2.27. The average molecular weight is 469 g/mol. The number of primary amides is 1. The van der Waals surface area contributed by atoms with Gasteiger partial charge in [0.25, 0.3) is 5.91 Å². The lowest BCUT2D eigenvalue weighted by atomic mass is 10.1. The van der Waals surface area contributed by atoms with Crippen LogP contribution in [0.5, 0.6) is 0 Å². The largest absolute Gasteiger partial charge is 0.364 e. The fourth-order valence-electron chi connectivity index (χ4n) is 2.49. The van der Waals surface area contributed by atoms with Crippen molar-refractivity contribution in [2.24, 2.45) is 11.5 Å². The zero-order chi connectivity index (χ0) is 19.1. The Labute approximate surface area is 166 Å². The Morgan fingerprint density at radius 2 is 2.08 bits per heavy atom. The van der Waals surface area contributed by atoms with Crippen LogP contribution in [0.4, 0.5) is 17.3 Å². The number of anilines is 3. The van der Waals surface area contributed by atoms with Crippen LogP contribution in [0.2, 0.25) is 0 Å². The Kier molecular flexibility index (Phi) is 7.51. The van der Waals surface area contributed by atoms with Gasteiger partial charge in [-0.15, -0.1) is 10.2 Å². The van der Waals surface area contributed by atoms with E-state index in [4.69, 9.17) is 11.5 Å². The number of hydrogen-bond acceptors (Lipinski definition) is 7. The van der Waals surface area contributed by atoms with Crippen LogP contribution in [0.1, 0.15) is 35.9 Å². The molecule has 2 rings (SSSR count). The topological polar surface area (TPSA) is 132 Å². The van der Waals surface area contributed by atoms with Crippen molar-refractivity contribution in [3.8, 4) is 0 Å². The van der Waals surface area contributed by atoms with Crippen molar-refractivity contribution in [1.82, 2.24) is 15.2 Å². The number of halogens is 1. The number of nitrogens with two attached hydrogens (primary N) is 2. The molecular weight excluding hydrogens is 445 g/mol. The van der Waals surface area contributed by atoms with Gasteiger partial charge in [0.05, 0.1) is 5.69 Å². The molecule has 1 amide bonds. The second-order valence-corrected chi connectivity index (χ2v) is 6.88. The van der Waals surface area contributed by atoms with Crippen LogP contribution in [0.25, 0.3) is 0 Å². The van der Waals surface area contributed by atoms with E-state index >= 15 is 0 Å². The summed E-state index contributed by atoms with van der Waals surface area (Å²) in [6, 6.07) is 7.33. The number of pyridine rings is 1. The molecule has 9 heteroatoms. The van der Waals surface area contributed by atoms with Crippen molar-refractivity contribution in [3.63, 3.8) is 0 Å². The number of nitrogens with one attached hydrogen (secondary N) is 2. The van der Waals surface area contributed by atoms with Crippen molar-refractivity contribution in [3.05, 3.63) is 35.7 Å². The molecular formula is C17H24IN7O. The summed E-state index contributed by atoms with van der Waals surface area (Å²) in [6.07, 6.45) is 1.90. The maximum absolute atomic E-state index is 11.7. The van der Waals surface area contributed by atoms with Gasteiger partial charge in [-0.25, -0.2) is 4.98 Å². The first-order valence-electron chi connectivity index (χ1n) is 8.40. The van der Waals surface area contributed by atoms with Gasteiger partial charge in [0.2, 0.25) is 0 Å². The van der Waals surface area contributed by atoms with Gasteiger partial charge in [-0.2, -0.15) is 0 Å². The number of hydrogen-bond donors (Lipinski definition) is 4. The van der Waals surface area contributed by atoms with Gasteiger partial charge < -0.3 is 22.1 Å². The molecule has 2 atom stereocenters. The fraction of sp³-hybridized carbons (Fsp3) is 0.412. The molecule has 0 aliphatic heterocycles. The third-order valence-corrected chi connectivity index (χ3v) is 4.82. The normalized spacial score (nSPS) is 13.1. The van der Waals surface area contributed by atoms with Crippen LogP contribution in [0, 0.1) is 6.92 Å². The monoisotopic (exact) mass is 469 g/mol. The van der Waals surface area contributed by atoms with Crippen molar-refractivity contribution < 1.29 is 4.79 Å². The highest BCUT2D eigenvalue weighted by molar-refractivity contribution is 14.1. The zero-order valence-electron chi connectivity index (χ0n) is 14.9. The highest BCUT2D eigenvalue weighted by Gasteiger charge is 2.19. The van der Waals surface area contributed by atoms with Crippen LogP contribution < -0.4 is 22.1 Å². The molecule has 0 aliphatic carbocycles. The summed E-state index contributed by atoms with van der Waals surface area (Å²) in [5.41, 5.74) is 13.0. The maximum atomic E-state index is 11.7. The van der Waals surface area contributed by atoms with Crippen molar-refractivity contribution in [1.29, 1.82) is 0 Å². The fourth-order valence-corrected chi connectivity index (χ4v) is 3.11. The maximum Gasteiger partial charge on any atom is 0.271 e. The molecule has 8 nitrogen and oxygen atoms in total. The van der Waals surface area contributed by atoms with E-state index in [1.54, 1.807) is 12.1 Å². The van der Waals surface area contributed by atoms with Crippen LogP contribution >= 0.6 is 22.6 Å². The number of rotatable bonds is 9. The Morgan fingerprint density at radius 3 is 2.69 bits per heavy atom. The molecule has 26 heavy (non-hydrogen) atoms. The quantitative estimate of drug-likeness (QED) is 0.328. The van der Waals surface area contributed by atoms with E-state index in [0.717, 1.165) is 23.0 Å². The van der Waals surface area contributed by atoms with E-state index < -0.39 is 5.91 Å². The van der Waals surface area contributed by atoms with Gasteiger partial charge >= 0.3 is 0 Å². The molecule has 2 aromatic rings. The molecule has 0 bridgehead atoms. The SMILES string of the molecule is CCC[C@@H](Nc1cc(Nc2cccc(C)n2)c(C(N)=O)nn1)[C@@H](N)CI. The van der Waals surface area contributed by atoms with E-state index in [1.807, 2.05) is 19.1 Å². The van der Waals surface area contributed by atoms with Crippen molar-refractivity contribution in [2.45, 2.75) is 38.8 Å². The van der Waals surface area contributed by atoms with E-state index in [0.29, 0.717) is 17.3 Å². The molecule has 140 valence electrons. The predicted molar refractivity (Wildman–Crippen MR) is 112 cm³/mol. The van der Waals surface area contributed by atoms with Gasteiger partial charge in [-0.05, 0) is 25.5 Å². The number of aryl methyl sites for hydroxylation is 1. The lowest BCUT2D eigenvalue weighted by Gasteiger charge is -2.24. The van der Waals surface area contributed by atoms with Crippen molar-refractivity contribution in [2.75, 3.05) is 15.1 Å². The average Bonchev–Trinajstić information content (AvgIpc) is 2.60. The molecule has 0 spiro atoms. The number of carbonyl (C=O) groups excluding carboxylic acids is 1. The van der Waals surface area contributed by atoms with Gasteiger partial charge in [0.1, 0.15) is 5.82 Å². The minimum absolute atomic E-state index is 0.0111. The third-order valence-electron chi connectivity index (χ3n) is 3.81. The summed E-state index contributed by atoms with van der Waals surface area (Å²) in [6.45, 7) is 3.99. The summed E-state index contributed by atoms with van der Waals surface area (Å²) in [5.74, 6) is 0.470. The van der Waals surface area contributed by atoms with Crippen LogP contribution in [0.15, 0.2) is 24.3 Å². The molecule has 2 heterocycles. The zero-order valence-corrected chi connectivity index (χ0v) is 17.0. The number of amides is 1. The van der Waals surface area contributed by atoms with E-state index in [-0.39, 0.29) is 17.8 Å². The lowest BCUT2D eigenvalue weighted by Crippen LogP contribution is -2.41. The Bertz CT molecular complexity index is 756. The van der Waals surface area contributed by atoms with Crippen molar-refractivity contribution >= 4 is 45.8 Å². The van der Waals surface area contributed by atoms with Gasteiger partial charge in [0, 0.05) is 28.3 Å². The first-order valence-corrected chi connectivity index (χ1v) is 9.93. The molecule has 0 radical (unpaired) electrons. The summed E-state index contributed by atoms with van der Waals surface area (Å²) < 4.78 is 0.820. The first kappa shape index (κ1) is 20.3. The standard InChI is InChI=1S/C17H24IN7O/c1-3-5-12(11(19)9-18)22-15-8-13(16(17(20)26)25-24-15)23-14-7-4-6-10(2)21-14/h4,6-8,11-12H,3,5,9,19H2,1-2H3,(H2,20,26)(H2,21,22,23,24)/t11-,12+/m0/s1.